The molecule has 0 atom stereocenters. The maximum atomic E-state index is 11.4. The summed E-state index contributed by atoms with van der Waals surface area (Å²) in [6, 6.07) is 11.5. The monoisotopic (exact) mass is 242 g/mol. The van der Waals surface area contributed by atoms with Crippen molar-refractivity contribution in [2.45, 2.75) is 6.92 Å². The topological polar surface area (TPSA) is 65.2 Å². The average Bonchev–Trinajstić information content (AvgIpc) is 2.39. The first-order valence-corrected chi connectivity index (χ1v) is 5.71. The molecule has 0 unspecified atom stereocenters. The minimum Gasteiger partial charge on any atom is -0.461 e. The molecule has 4 heteroatoms. The molecule has 0 amide bonds. The van der Waals surface area contributed by atoms with Gasteiger partial charge in [-0.05, 0) is 25.1 Å². The number of pyridine rings is 1. The molecule has 0 saturated heterocycles. The molecule has 0 spiro atoms. The number of para-hydroxylation sites is 1. The summed E-state index contributed by atoms with van der Waals surface area (Å²) in [5, 5.41) is 1.05. The highest BCUT2D eigenvalue weighted by Crippen LogP contribution is 2.13. The Morgan fingerprint density at radius 2 is 2.11 bits per heavy atom. The van der Waals surface area contributed by atoms with Crippen molar-refractivity contribution >= 4 is 22.9 Å². The molecule has 0 bridgehead atoms. The highest BCUT2D eigenvalue weighted by molar-refractivity contribution is 5.92. The molecule has 0 radical (unpaired) electrons. The fourth-order valence-electron chi connectivity index (χ4n) is 1.59. The molecule has 0 aliphatic carbocycles. The third-order valence-corrected chi connectivity index (χ3v) is 2.43. The summed E-state index contributed by atoms with van der Waals surface area (Å²) in [4.78, 5) is 15.8. The van der Waals surface area contributed by atoms with Crippen LogP contribution in [0, 0.1) is 0 Å². The van der Waals surface area contributed by atoms with Gasteiger partial charge in [0.05, 0.1) is 17.8 Å². The van der Waals surface area contributed by atoms with Crippen LogP contribution in [0.4, 0.5) is 0 Å². The number of ether oxygens (including phenoxy) is 1. The summed E-state index contributed by atoms with van der Waals surface area (Å²) in [5.41, 5.74) is 7.18. The van der Waals surface area contributed by atoms with Crippen LogP contribution in [0.25, 0.3) is 17.0 Å². The van der Waals surface area contributed by atoms with Crippen LogP contribution in [0.1, 0.15) is 12.6 Å². The van der Waals surface area contributed by atoms with Crippen molar-refractivity contribution in [2.24, 2.45) is 5.73 Å². The molecule has 0 saturated carbocycles. The average molecular weight is 242 g/mol. The van der Waals surface area contributed by atoms with Crippen LogP contribution in [-0.4, -0.2) is 17.6 Å². The SMILES string of the molecule is CCOC(=O)/C(N)=C/c1ccc2ccccc2n1. The third kappa shape index (κ3) is 2.66. The zero-order valence-corrected chi connectivity index (χ0v) is 10.1. The predicted molar refractivity (Wildman–Crippen MR) is 70.5 cm³/mol. The summed E-state index contributed by atoms with van der Waals surface area (Å²) >= 11 is 0. The van der Waals surface area contributed by atoms with E-state index < -0.39 is 5.97 Å². The number of aromatic nitrogens is 1. The number of carbonyl (C=O) groups is 1. The second kappa shape index (κ2) is 5.31. The fraction of sp³-hybridized carbons (Fsp3) is 0.143. The minimum absolute atomic E-state index is 0.0552. The summed E-state index contributed by atoms with van der Waals surface area (Å²) in [7, 11) is 0. The van der Waals surface area contributed by atoms with Gasteiger partial charge in [0.15, 0.2) is 0 Å². The Morgan fingerprint density at radius 3 is 2.89 bits per heavy atom. The standard InChI is InChI=1S/C14H14N2O2/c1-2-18-14(17)12(15)9-11-8-7-10-5-3-4-6-13(10)16-11/h3-9H,2,15H2,1H3/b12-9-. The van der Waals surface area contributed by atoms with Crippen LogP contribution in [0.15, 0.2) is 42.1 Å². The summed E-state index contributed by atoms with van der Waals surface area (Å²) in [6.07, 6.45) is 1.52. The molecular formula is C14H14N2O2. The minimum atomic E-state index is -0.521. The lowest BCUT2D eigenvalue weighted by Gasteiger charge is -2.02. The van der Waals surface area contributed by atoms with Gasteiger partial charge in [-0.25, -0.2) is 9.78 Å². The maximum absolute atomic E-state index is 11.4. The first-order chi connectivity index (χ1) is 8.70. The van der Waals surface area contributed by atoms with Gasteiger partial charge in [-0.3, -0.25) is 0 Å². The van der Waals surface area contributed by atoms with Crippen LogP contribution < -0.4 is 5.73 Å². The molecule has 18 heavy (non-hydrogen) atoms. The van der Waals surface area contributed by atoms with E-state index in [1.54, 1.807) is 6.92 Å². The van der Waals surface area contributed by atoms with E-state index in [1.807, 2.05) is 36.4 Å². The van der Waals surface area contributed by atoms with Crippen LogP contribution in [0.3, 0.4) is 0 Å². The molecule has 0 fully saturated rings. The van der Waals surface area contributed by atoms with Gasteiger partial charge >= 0.3 is 5.97 Å². The van der Waals surface area contributed by atoms with Gasteiger partial charge in [-0.2, -0.15) is 0 Å². The van der Waals surface area contributed by atoms with Gasteiger partial charge < -0.3 is 10.5 Å². The van der Waals surface area contributed by atoms with Gasteiger partial charge in [0.2, 0.25) is 0 Å². The molecule has 0 aliphatic heterocycles. The van der Waals surface area contributed by atoms with Crippen LogP contribution in [0.5, 0.6) is 0 Å². The highest BCUT2D eigenvalue weighted by atomic mass is 16.5. The molecule has 1 aromatic carbocycles. The van der Waals surface area contributed by atoms with Gasteiger partial charge in [0.25, 0.3) is 0 Å². The number of benzene rings is 1. The fourth-order valence-corrected chi connectivity index (χ4v) is 1.59. The number of fused-ring (bicyclic) bond motifs is 1. The van der Waals surface area contributed by atoms with Crippen molar-refractivity contribution in [3.8, 4) is 0 Å². The zero-order valence-electron chi connectivity index (χ0n) is 10.1. The number of nitrogens with two attached hydrogens (primary N) is 1. The third-order valence-electron chi connectivity index (χ3n) is 2.43. The van der Waals surface area contributed by atoms with E-state index in [4.69, 9.17) is 10.5 Å². The smallest absolute Gasteiger partial charge is 0.354 e. The van der Waals surface area contributed by atoms with E-state index in [-0.39, 0.29) is 5.70 Å². The number of carbonyl (C=O) groups excluding carboxylic acids is 1. The quantitative estimate of drug-likeness (QED) is 0.661. The van der Waals surface area contributed by atoms with E-state index in [1.165, 1.54) is 6.08 Å². The normalized spacial score (nSPS) is 11.5. The van der Waals surface area contributed by atoms with Crippen molar-refractivity contribution in [3.05, 3.63) is 47.8 Å². The second-order valence-electron chi connectivity index (χ2n) is 3.75. The number of hydrogen-bond donors (Lipinski definition) is 1. The summed E-state index contributed by atoms with van der Waals surface area (Å²) in [6.45, 7) is 2.04. The lowest BCUT2D eigenvalue weighted by molar-refractivity contribution is -0.138. The van der Waals surface area contributed by atoms with Crippen LogP contribution >= 0.6 is 0 Å². The summed E-state index contributed by atoms with van der Waals surface area (Å²) < 4.78 is 4.80. The van der Waals surface area contributed by atoms with Crippen LogP contribution in [0.2, 0.25) is 0 Å². The Labute approximate surface area is 105 Å². The number of nitrogens with zero attached hydrogens (tertiary/aromatic N) is 1. The largest absolute Gasteiger partial charge is 0.461 e. The maximum Gasteiger partial charge on any atom is 0.354 e. The van der Waals surface area contributed by atoms with E-state index in [0.717, 1.165) is 10.9 Å². The molecule has 2 N–H and O–H groups in total. The number of esters is 1. The zero-order chi connectivity index (χ0) is 13.0. The number of hydrogen-bond acceptors (Lipinski definition) is 4. The van der Waals surface area contributed by atoms with Crippen LogP contribution in [-0.2, 0) is 9.53 Å². The predicted octanol–water partition coefficient (Wildman–Crippen LogP) is 2.10. The van der Waals surface area contributed by atoms with E-state index >= 15 is 0 Å². The van der Waals surface area contributed by atoms with E-state index in [9.17, 15) is 4.79 Å². The van der Waals surface area contributed by atoms with Crippen molar-refractivity contribution in [1.82, 2.24) is 4.98 Å². The molecule has 4 nitrogen and oxygen atoms in total. The Kier molecular flexibility index (Phi) is 3.57. The lowest BCUT2D eigenvalue weighted by Crippen LogP contribution is -2.14. The Balaban J connectivity index is 2.31. The molecule has 92 valence electrons. The lowest BCUT2D eigenvalue weighted by atomic mass is 10.2. The van der Waals surface area contributed by atoms with Gasteiger partial charge in [-0.1, -0.05) is 24.3 Å². The molecule has 1 aromatic heterocycles. The van der Waals surface area contributed by atoms with Gasteiger partial charge in [-0.15, -0.1) is 0 Å². The van der Waals surface area contributed by atoms with Crippen molar-refractivity contribution in [3.63, 3.8) is 0 Å². The van der Waals surface area contributed by atoms with E-state index in [0.29, 0.717) is 12.3 Å². The van der Waals surface area contributed by atoms with E-state index in [2.05, 4.69) is 4.98 Å². The van der Waals surface area contributed by atoms with Crippen molar-refractivity contribution < 1.29 is 9.53 Å². The Bertz CT molecular complexity index is 606. The van der Waals surface area contributed by atoms with Crippen molar-refractivity contribution in [1.29, 1.82) is 0 Å². The second-order valence-corrected chi connectivity index (χ2v) is 3.75. The molecule has 1 heterocycles. The highest BCUT2D eigenvalue weighted by Gasteiger charge is 2.06. The van der Waals surface area contributed by atoms with Gasteiger partial charge in [0, 0.05) is 5.39 Å². The van der Waals surface area contributed by atoms with Crippen molar-refractivity contribution in [2.75, 3.05) is 6.61 Å². The summed E-state index contributed by atoms with van der Waals surface area (Å²) in [5.74, 6) is -0.521. The molecule has 2 rings (SSSR count). The molecule has 0 aliphatic rings. The molecular weight excluding hydrogens is 228 g/mol. The van der Waals surface area contributed by atoms with Gasteiger partial charge in [0.1, 0.15) is 5.70 Å². The number of rotatable bonds is 3. The first kappa shape index (κ1) is 12.1. The Morgan fingerprint density at radius 1 is 1.33 bits per heavy atom. The Hall–Kier alpha value is -2.36. The molecule has 2 aromatic rings. The first-order valence-electron chi connectivity index (χ1n) is 5.71.